The Labute approximate surface area is 130 Å². The Kier molecular flexibility index (Phi) is 4.44. The molecule has 2 aromatic rings. The molecule has 0 spiro atoms. The number of aliphatic carboxylic acids is 2. The number of hydrogen-bond acceptors (Lipinski definition) is 4. The summed E-state index contributed by atoms with van der Waals surface area (Å²) < 4.78 is 1.66. The Balaban J connectivity index is 2.65. The molecule has 0 radical (unpaired) electrons. The first kappa shape index (κ1) is 16.2. The summed E-state index contributed by atoms with van der Waals surface area (Å²) in [6.45, 7) is 0.0470. The number of benzene rings is 1. The maximum absolute atomic E-state index is 12.6. The molecule has 120 valence electrons. The molecule has 0 amide bonds. The zero-order valence-corrected chi connectivity index (χ0v) is 12.2. The number of carboxylic acid groups (broad SMARTS) is 2. The highest BCUT2D eigenvalue weighted by molar-refractivity contribution is 6.08. The fourth-order valence-electron chi connectivity index (χ4n) is 2.32. The summed E-state index contributed by atoms with van der Waals surface area (Å²) in [7, 11) is 0. The van der Waals surface area contributed by atoms with Crippen molar-refractivity contribution in [1.82, 2.24) is 9.13 Å². The van der Waals surface area contributed by atoms with Crippen molar-refractivity contribution in [1.29, 1.82) is 0 Å². The van der Waals surface area contributed by atoms with Gasteiger partial charge >= 0.3 is 17.6 Å². The fourth-order valence-corrected chi connectivity index (χ4v) is 2.32. The van der Waals surface area contributed by atoms with Gasteiger partial charge in [0.05, 0.1) is 0 Å². The lowest BCUT2D eigenvalue weighted by Gasteiger charge is -2.05. The maximum atomic E-state index is 12.6. The van der Waals surface area contributed by atoms with Crippen LogP contribution in [-0.4, -0.2) is 37.1 Å². The Hall–Kier alpha value is -3.16. The monoisotopic (exact) mass is 318 g/mol. The molecule has 0 aliphatic carbocycles. The molecule has 0 saturated carbocycles. The van der Waals surface area contributed by atoms with Crippen LogP contribution in [0.2, 0.25) is 0 Å². The summed E-state index contributed by atoms with van der Waals surface area (Å²) in [6, 6.07) is 8.05. The van der Waals surface area contributed by atoms with Gasteiger partial charge in [-0.3, -0.25) is 23.5 Å². The third-order valence-corrected chi connectivity index (χ3v) is 3.32. The number of carbonyl (C=O) groups is 3. The molecule has 8 nitrogen and oxygen atoms in total. The van der Waals surface area contributed by atoms with Crippen LogP contribution in [0.1, 0.15) is 21.7 Å². The molecule has 0 atom stereocenters. The zero-order chi connectivity index (χ0) is 17.1. The van der Waals surface area contributed by atoms with E-state index in [-0.39, 0.29) is 17.0 Å². The van der Waals surface area contributed by atoms with Gasteiger partial charge in [-0.05, 0) is 6.92 Å². The van der Waals surface area contributed by atoms with Gasteiger partial charge in [0.2, 0.25) is 5.78 Å². The van der Waals surface area contributed by atoms with Gasteiger partial charge in [0.15, 0.2) is 0 Å². The molecule has 1 aromatic carbocycles. The van der Waals surface area contributed by atoms with E-state index in [1.54, 1.807) is 18.2 Å². The van der Waals surface area contributed by atoms with Crippen LogP contribution in [0.5, 0.6) is 0 Å². The highest BCUT2D eigenvalue weighted by atomic mass is 16.4. The van der Waals surface area contributed by atoms with Gasteiger partial charge in [0, 0.05) is 11.3 Å². The third-order valence-electron chi connectivity index (χ3n) is 3.32. The van der Waals surface area contributed by atoms with Crippen LogP contribution in [0.4, 0.5) is 0 Å². The van der Waals surface area contributed by atoms with Crippen molar-refractivity contribution in [3.05, 3.63) is 57.8 Å². The van der Waals surface area contributed by atoms with Crippen LogP contribution in [-0.2, 0) is 22.7 Å². The van der Waals surface area contributed by atoms with Crippen molar-refractivity contribution in [2.45, 2.75) is 20.0 Å². The number of aromatic nitrogens is 2. The fraction of sp³-hybridized carbons (Fsp3) is 0.200. The minimum absolute atomic E-state index is 0.118. The molecule has 0 bridgehead atoms. The van der Waals surface area contributed by atoms with E-state index in [1.807, 2.05) is 0 Å². The third kappa shape index (κ3) is 3.20. The molecule has 0 aliphatic rings. The summed E-state index contributed by atoms with van der Waals surface area (Å²) in [5, 5.41) is 17.8. The molecule has 0 aliphatic heterocycles. The second-order valence-electron chi connectivity index (χ2n) is 4.87. The summed E-state index contributed by atoms with van der Waals surface area (Å²) >= 11 is 0. The smallest absolute Gasteiger partial charge is 0.330 e. The molecule has 0 unspecified atom stereocenters. The maximum Gasteiger partial charge on any atom is 0.330 e. The van der Waals surface area contributed by atoms with Crippen LogP contribution < -0.4 is 5.69 Å². The number of imidazole rings is 1. The summed E-state index contributed by atoms with van der Waals surface area (Å²) in [5.41, 5.74) is -0.564. The zero-order valence-electron chi connectivity index (χ0n) is 12.2. The van der Waals surface area contributed by atoms with Crippen LogP contribution in [0.3, 0.4) is 0 Å². The second kappa shape index (κ2) is 6.30. The molecule has 8 heteroatoms. The van der Waals surface area contributed by atoms with E-state index >= 15 is 0 Å². The van der Waals surface area contributed by atoms with E-state index in [0.717, 1.165) is 9.13 Å². The summed E-state index contributed by atoms with van der Waals surface area (Å²) in [5.74, 6) is -3.10. The van der Waals surface area contributed by atoms with Gasteiger partial charge in [-0.2, -0.15) is 0 Å². The van der Waals surface area contributed by atoms with Gasteiger partial charge in [0.25, 0.3) is 0 Å². The standard InChI is InChI=1S/C15H14N2O6/c1-9-13(14(22)10-5-3-2-4-6-10)17(8-12(20)21)15(23)16(9)7-11(18)19/h2-6H,7-8H2,1H3,(H,18,19)(H,20,21). The molecular weight excluding hydrogens is 304 g/mol. The first-order chi connectivity index (χ1) is 10.8. The number of hydrogen-bond donors (Lipinski definition) is 2. The molecule has 2 rings (SSSR count). The lowest BCUT2D eigenvalue weighted by molar-refractivity contribution is -0.138. The highest BCUT2D eigenvalue weighted by Crippen LogP contribution is 2.14. The molecule has 0 saturated heterocycles. The van der Waals surface area contributed by atoms with E-state index in [1.165, 1.54) is 19.1 Å². The topological polar surface area (TPSA) is 119 Å². The minimum atomic E-state index is -1.30. The van der Waals surface area contributed by atoms with Gasteiger partial charge in [-0.25, -0.2) is 4.79 Å². The molecular formula is C15H14N2O6. The van der Waals surface area contributed by atoms with Crippen LogP contribution in [0, 0.1) is 6.92 Å². The largest absolute Gasteiger partial charge is 0.480 e. The highest BCUT2D eigenvalue weighted by Gasteiger charge is 2.25. The molecule has 1 heterocycles. The Morgan fingerprint density at radius 2 is 1.48 bits per heavy atom. The lowest BCUT2D eigenvalue weighted by Crippen LogP contribution is -2.30. The normalized spacial score (nSPS) is 10.5. The Bertz CT molecular complexity index is 832. The van der Waals surface area contributed by atoms with E-state index < -0.39 is 36.5 Å². The minimum Gasteiger partial charge on any atom is -0.480 e. The lowest BCUT2D eigenvalue weighted by atomic mass is 10.1. The first-order valence-corrected chi connectivity index (χ1v) is 6.66. The number of nitrogens with zero attached hydrogens (tertiary/aromatic N) is 2. The van der Waals surface area contributed by atoms with Crippen molar-refractivity contribution < 1.29 is 24.6 Å². The van der Waals surface area contributed by atoms with Gasteiger partial charge in [-0.15, -0.1) is 0 Å². The molecule has 0 fully saturated rings. The molecule has 1 aromatic heterocycles. The number of rotatable bonds is 6. The van der Waals surface area contributed by atoms with Crippen molar-refractivity contribution in [2.75, 3.05) is 0 Å². The van der Waals surface area contributed by atoms with Crippen LogP contribution in [0.15, 0.2) is 35.1 Å². The SMILES string of the molecule is Cc1c(C(=O)c2ccccc2)n(CC(=O)O)c(=O)n1CC(=O)O. The van der Waals surface area contributed by atoms with E-state index in [9.17, 15) is 19.2 Å². The summed E-state index contributed by atoms with van der Waals surface area (Å²) in [4.78, 5) is 46.7. The van der Waals surface area contributed by atoms with Crippen LogP contribution >= 0.6 is 0 Å². The van der Waals surface area contributed by atoms with E-state index in [2.05, 4.69) is 0 Å². The average molecular weight is 318 g/mol. The quantitative estimate of drug-likeness (QED) is 0.742. The van der Waals surface area contributed by atoms with Crippen molar-refractivity contribution in [2.24, 2.45) is 0 Å². The number of ketones is 1. The second-order valence-corrected chi connectivity index (χ2v) is 4.87. The molecule has 23 heavy (non-hydrogen) atoms. The number of carbonyl (C=O) groups excluding carboxylic acids is 1. The van der Waals surface area contributed by atoms with E-state index in [0.29, 0.717) is 0 Å². The van der Waals surface area contributed by atoms with Gasteiger partial charge < -0.3 is 10.2 Å². The Morgan fingerprint density at radius 1 is 0.957 bits per heavy atom. The van der Waals surface area contributed by atoms with Gasteiger partial charge in [-0.1, -0.05) is 30.3 Å². The van der Waals surface area contributed by atoms with Crippen molar-refractivity contribution in [3.63, 3.8) is 0 Å². The van der Waals surface area contributed by atoms with E-state index in [4.69, 9.17) is 10.2 Å². The predicted molar refractivity (Wildman–Crippen MR) is 78.6 cm³/mol. The van der Waals surface area contributed by atoms with Gasteiger partial charge in [0.1, 0.15) is 18.8 Å². The van der Waals surface area contributed by atoms with Crippen molar-refractivity contribution >= 4 is 17.7 Å². The molecule has 2 N–H and O–H groups in total. The number of carboxylic acids is 2. The Morgan fingerprint density at radius 3 is 2.00 bits per heavy atom. The average Bonchev–Trinajstić information content (AvgIpc) is 2.71. The van der Waals surface area contributed by atoms with Crippen LogP contribution in [0.25, 0.3) is 0 Å². The first-order valence-electron chi connectivity index (χ1n) is 6.66. The predicted octanol–water partition coefficient (Wildman–Crippen LogP) is 0.358. The summed E-state index contributed by atoms with van der Waals surface area (Å²) in [6.07, 6.45) is 0. The van der Waals surface area contributed by atoms with Crippen molar-refractivity contribution in [3.8, 4) is 0 Å².